The number of furan rings is 1. The van der Waals surface area contributed by atoms with Crippen LogP contribution in [0.1, 0.15) is 43.7 Å². The van der Waals surface area contributed by atoms with Gasteiger partial charge in [-0.2, -0.15) is 0 Å². The molecule has 5 heteroatoms. The summed E-state index contributed by atoms with van der Waals surface area (Å²) in [6, 6.07) is 3.59. The molecule has 0 unspecified atom stereocenters. The minimum absolute atomic E-state index is 0.0182. The number of hydrogen-bond donors (Lipinski definition) is 1. The molecular weight excluding hydrogens is 256 g/mol. The average Bonchev–Trinajstić information content (AvgIpc) is 3.00. The number of nitrogens with one attached hydrogen (secondary N) is 1. The van der Waals surface area contributed by atoms with Gasteiger partial charge in [0.2, 0.25) is 5.91 Å². The fourth-order valence-electron chi connectivity index (χ4n) is 2.36. The Kier molecular flexibility index (Phi) is 4.82. The zero-order chi connectivity index (χ0) is 14.5. The van der Waals surface area contributed by atoms with E-state index in [-0.39, 0.29) is 23.8 Å². The smallest absolute Gasteiger partial charge is 0.289 e. The number of piperidine rings is 1. The summed E-state index contributed by atoms with van der Waals surface area (Å²) in [7, 11) is 0. The number of likely N-dealkylation sites (tertiary alicyclic amines) is 1. The van der Waals surface area contributed by atoms with Gasteiger partial charge in [-0.1, -0.05) is 6.92 Å². The van der Waals surface area contributed by atoms with Crippen LogP contribution in [0, 0.1) is 5.92 Å². The third-order valence-electron chi connectivity index (χ3n) is 3.89. The van der Waals surface area contributed by atoms with Crippen LogP contribution in [0.15, 0.2) is 22.8 Å². The lowest BCUT2D eigenvalue weighted by molar-refractivity contribution is -0.126. The third-order valence-corrected chi connectivity index (χ3v) is 3.89. The van der Waals surface area contributed by atoms with Crippen molar-refractivity contribution < 1.29 is 14.0 Å². The molecule has 2 amide bonds. The SMILES string of the molecule is CC[C@H](C)NC(=O)C1CCN(C(=O)c2ccco2)CC1. The van der Waals surface area contributed by atoms with E-state index in [1.165, 1.54) is 6.26 Å². The number of carbonyl (C=O) groups is 2. The van der Waals surface area contributed by atoms with Gasteiger partial charge in [0.25, 0.3) is 5.91 Å². The highest BCUT2D eigenvalue weighted by Crippen LogP contribution is 2.19. The highest BCUT2D eigenvalue weighted by atomic mass is 16.3. The van der Waals surface area contributed by atoms with Crippen molar-refractivity contribution in [2.45, 2.75) is 39.2 Å². The second kappa shape index (κ2) is 6.59. The quantitative estimate of drug-likeness (QED) is 0.916. The van der Waals surface area contributed by atoms with E-state index in [0.29, 0.717) is 31.7 Å². The molecule has 1 aromatic rings. The number of nitrogens with zero attached hydrogens (tertiary/aromatic N) is 1. The predicted octanol–water partition coefficient (Wildman–Crippen LogP) is 2.05. The van der Waals surface area contributed by atoms with Gasteiger partial charge in [0, 0.05) is 25.0 Å². The van der Waals surface area contributed by atoms with Crippen LogP contribution in [0.3, 0.4) is 0 Å². The van der Waals surface area contributed by atoms with E-state index < -0.39 is 0 Å². The van der Waals surface area contributed by atoms with Crippen LogP contribution < -0.4 is 5.32 Å². The Hall–Kier alpha value is -1.78. The molecule has 0 radical (unpaired) electrons. The number of rotatable bonds is 4. The maximum absolute atomic E-state index is 12.1. The molecule has 1 saturated heterocycles. The van der Waals surface area contributed by atoms with Crippen molar-refractivity contribution in [3.63, 3.8) is 0 Å². The first-order valence-corrected chi connectivity index (χ1v) is 7.25. The van der Waals surface area contributed by atoms with Crippen molar-refractivity contribution in [3.8, 4) is 0 Å². The van der Waals surface area contributed by atoms with Gasteiger partial charge in [0.05, 0.1) is 6.26 Å². The molecule has 1 aliphatic rings. The summed E-state index contributed by atoms with van der Waals surface area (Å²) in [6.45, 7) is 5.28. The lowest BCUT2D eigenvalue weighted by Gasteiger charge is -2.31. The Balaban J connectivity index is 1.83. The number of hydrogen-bond acceptors (Lipinski definition) is 3. The standard InChI is InChI=1S/C15H22N2O3/c1-3-11(2)16-14(18)12-6-8-17(9-7-12)15(19)13-5-4-10-20-13/h4-5,10-12H,3,6-9H2,1-2H3,(H,16,18)/t11-/m0/s1. The van der Waals surface area contributed by atoms with Crippen molar-refractivity contribution in [3.05, 3.63) is 24.2 Å². The van der Waals surface area contributed by atoms with Crippen LogP contribution in [0.25, 0.3) is 0 Å². The van der Waals surface area contributed by atoms with Gasteiger partial charge < -0.3 is 14.6 Å². The largest absolute Gasteiger partial charge is 0.459 e. The summed E-state index contributed by atoms with van der Waals surface area (Å²) in [5, 5.41) is 3.01. The molecular formula is C15H22N2O3. The molecule has 5 nitrogen and oxygen atoms in total. The van der Waals surface area contributed by atoms with Gasteiger partial charge >= 0.3 is 0 Å². The Labute approximate surface area is 119 Å². The Morgan fingerprint density at radius 2 is 2.15 bits per heavy atom. The summed E-state index contributed by atoms with van der Waals surface area (Å²) in [4.78, 5) is 25.9. The van der Waals surface area contributed by atoms with E-state index in [4.69, 9.17) is 4.42 Å². The maximum atomic E-state index is 12.1. The van der Waals surface area contributed by atoms with Crippen molar-refractivity contribution >= 4 is 11.8 Å². The summed E-state index contributed by atoms with van der Waals surface area (Å²) in [5.41, 5.74) is 0. The zero-order valence-electron chi connectivity index (χ0n) is 12.1. The summed E-state index contributed by atoms with van der Waals surface area (Å²) in [5.74, 6) is 0.414. The molecule has 1 atom stereocenters. The van der Waals surface area contributed by atoms with Gasteiger partial charge in [0.1, 0.15) is 0 Å². The van der Waals surface area contributed by atoms with Crippen molar-refractivity contribution in [1.29, 1.82) is 0 Å². The maximum Gasteiger partial charge on any atom is 0.289 e. The molecule has 0 aromatic carbocycles. The van der Waals surface area contributed by atoms with E-state index in [2.05, 4.69) is 12.2 Å². The summed E-state index contributed by atoms with van der Waals surface area (Å²) in [6.07, 6.45) is 3.87. The minimum Gasteiger partial charge on any atom is -0.459 e. The van der Waals surface area contributed by atoms with E-state index in [1.807, 2.05) is 6.92 Å². The second-order valence-electron chi connectivity index (χ2n) is 5.36. The van der Waals surface area contributed by atoms with Crippen molar-refractivity contribution in [1.82, 2.24) is 10.2 Å². The predicted molar refractivity (Wildman–Crippen MR) is 75.2 cm³/mol. The highest BCUT2D eigenvalue weighted by molar-refractivity contribution is 5.91. The van der Waals surface area contributed by atoms with E-state index >= 15 is 0 Å². The number of amides is 2. The second-order valence-corrected chi connectivity index (χ2v) is 5.36. The summed E-state index contributed by atoms with van der Waals surface area (Å²) < 4.78 is 5.12. The van der Waals surface area contributed by atoms with Crippen LogP contribution in [0.5, 0.6) is 0 Å². The first kappa shape index (κ1) is 14.6. The van der Waals surface area contributed by atoms with Crippen LogP contribution in [0.2, 0.25) is 0 Å². The first-order chi connectivity index (χ1) is 9.61. The monoisotopic (exact) mass is 278 g/mol. The molecule has 1 fully saturated rings. The molecule has 2 heterocycles. The van der Waals surface area contributed by atoms with Gasteiger partial charge in [-0.15, -0.1) is 0 Å². The Morgan fingerprint density at radius 1 is 1.45 bits per heavy atom. The fraction of sp³-hybridized carbons (Fsp3) is 0.600. The van der Waals surface area contributed by atoms with Crippen molar-refractivity contribution in [2.75, 3.05) is 13.1 Å². The van der Waals surface area contributed by atoms with Crippen LogP contribution in [0.4, 0.5) is 0 Å². The number of carbonyl (C=O) groups excluding carboxylic acids is 2. The van der Waals surface area contributed by atoms with Crippen LogP contribution >= 0.6 is 0 Å². The minimum atomic E-state index is -0.0872. The molecule has 1 aliphatic heterocycles. The third kappa shape index (κ3) is 3.40. The van der Waals surface area contributed by atoms with Gasteiger partial charge in [-0.25, -0.2) is 0 Å². The van der Waals surface area contributed by atoms with Gasteiger partial charge in [0.15, 0.2) is 5.76 Å². The molecule has 20 heavy (non-hydrogen) atoms. The molecule has 1 N–H and O–H groups in total. The van der Waals surface area contributed by atoms with Gasteiger partial charge in [-0.3, -0.25) is 9.59 Å². The average molecular weight is 278 g/mol. The Bertz CT molecular complexity index is 448. The zero-order valence-corrected chi connectivity index (χ0v) is 12.1. The lowest BCUT2D eigenvalue weighted by Crippen LogP contribution is -2.44. The van der Waals surface area contributed by atoms with Crippen molar-refractivity contribution in [2.24, 2.45) is 5.92 Å². The fourth-order valence-corrected chi connectivity index (χ4v) is 2.36. The van der Waals surface area contributed by atoms with E-state index in [9.17, 15) is 9.59 Å². The van der Waals surface area contributed by atoms with Gasteiger partial charge in [-0.05, 0) is 38.3 Å². The molecule has 0 spiro atoms. The molecule has 0 bridgehead atoms. The van der Waals surface area contributed by atoms with E-state index in [0.717, 1.165) is 6.42 Å². The molecule has 0 aliphatic carbocycles. The Morgan fingerprint density at radius 3 is 2.70 bits per heavy atom. The van der Waals surface area contributed by atoms with Crippen LogP contribution in [-0.2, 0) is 4.79 Å². The lowest BCUT2D eigenvalue weighted by atomic mass is 9.95. The molecule has 110 valence electrons. The van der Waals surface area contributed by atoms with Crippen LogP contribution in [-0.4, -0.2) is 35.8 Å². The van der Waals surface area contributed by atoms with E-state index in [1.54, 1.807) is 17.0 Å². The first-order valence-electron chi connectivity index (χ1n) is 7.25. The molecule has 1 aromatic heterocycles. The molecule has 2 rings (SSSR count). The highest BCUT2D eigenvalue weighted by Gasteiger charge is 2.28. The topological polar surface area (TPSA) is 62.6 Å². The summed E-state index contributed by atoms with van der Waals surface area (Å²) >= 11 is 0. The molecule has 0 saturated carbocycles. The normalized spacial score (nSPS) is 17.8.